The molecule has 0 aromatic rings. The number of rotatable bonds is 5. The largest absolute Gasteiger partial charge is 0.450 e. The lowest BCUT2D eigenvalue weighted by atomic mass is 9.81. The van der Waals surface area contributed by atoms with Gasteiger partial charge in [-0.1, -0.05) is 38.2 Å². The number of carbonyl (C=O) groups is 1. The van der Waals surface area contributed by atoms with Crippen molar-refractivity contribution in [2.75, 3.05) is 26.2 Å². The maximum Gasteiger partial charge on any atom is 0.332 e. The summed E-state index contributed by atoms with van der Waals surface area (Å²) in [6.07, 6.45) is 9.68. The Balaban J connectivity index is 1.89. The van der Waals surface area contributed by atoms with Crippen LogP contribution >= 0.6 is 0 Å². The molecule has 0 aromatic carbocycles. The molecule has 148 valence electrons. The van der Waals surface area contributed by atoms with Gasteiger partial charge in [-0.15, -0.1) is 0 Å². The molecule has 27 heavy (non-hydrogen) atoms. The van der Waals surface area contributed by atoms with Crippen LogP contribution in [0, 0.1) is 11.8 Å². The van der Waals surface area contributed by atoms with Crippen LogP contribution in [0.25, 0.3) is 0 Å². The molecule has 0 saturated carbocycles. The smallest absolute Gasteiger partial charge is 0.332 e. The summed E-state index contributed by atoms with van der Waals surface area (Å²) < 4.78 is 5.89. The predicted octanol–water partition coefficient (Wildman–Crippen LogP) is 3.54. The van der Waals surface area contributed by atoms with Gasteiger partial charge in [0.1, 0.15) is 0 Å². The Kier molecular flexibility index (Phi) is 6.44. The summed E-state index contributed by atoms with van der Waals surface area (Å²) in [5.41, 5.74) is 1.40. The maximum atomic E-state index is 12.2. The first-order valence-electron chi connectivity index (χ1n) is 10.6. The molecular weight excluding hydrogens is 336 g/mol. The third-order valence-corrected chi connectivity index (χ3v) is 6.12. The summed E-state index contributed by atoms with van der Waals surface area (Å²) >= 11 is 0. The van der Waals surface area contributed by atoms with E-state index in [2.05, 4.69) is 55.4 Å². The van der Waals surface area contributed by atoms with Gasteiger partial charge in [0, 0.05) is 23.3 Å². The third kappa shape index (κ3) is 4.15. The van der Waals surface area contributed by atoms with Crippen molar-refractivity contribution in [1.82, 2.24) is 9.80 Å². The number of hydrogen-bond acceptors (Lipinski definition) is 4. The van der Waals surface area contributed by atoms with Crippen molar-refractivity contribution in [3.05, 3.63) is 23.3 Å². The number of ether oxygens (including phenoxy) is 1. The fraction of sp³-hybridized carbons (Fsp3) is 0.696. The van der Waals surface area contributed by atoms with Crippen molar-refractivity contribution in [1.29, 1.82) is 0 Å². The minimum atomic E-state index is -0.574. The normalized spacial score (nSPS) is 30.5. The van der Waals surface area contributed by atoms with Gasteiger partial charge in [-0.05, 0) is 59.2 Å². The van der Waals surface area contributed by atoms with Crippen LogP contribution in [0.1, 0.15) is 59.8 Å². The molecule has 3 atom stereocenters. The van der Waals surface area contributed by atoms with Crippen LogP contribution in [0.15, 0.2) is 23.3 Å². The van der Waals surface area contributed by atoms with Crippen LogP contribution in [0.2, 0.25) is 0 Å². The average Bonchev–Trinajstić information content (AvgIpc) is 2.92. The summed E-state index contributed by atoms with van der Waals surface area (Å²) in [4.78, 5) is 17.1. The Hall–Kier alpha value is -1.57. The number of carbonyl (C=O) groups excluding carboxylic acids is 1. The molecule has 0 amide bonds. The highest BCUT2D eigenvalue weighted by atomic mass is 16.6. The Bertz CT molecular complexity index is 678. The van der Waals surface area contributed by atoms with E-state index in [-0.39, 0.29) is 12.0 Å². The summed E-state index contributed by atoms with van der Waals surface area (Å²) in [5, 5.41) is 0. The van der Waals surface area contributed by atoms with Crippen LogP contribution < -0.4 is 0 Å². The van der Waals surface area contributed by atoms with E-state index >= 15 is 0 Å². The van der Waals surface area contributed by atoms with Crippen LogP contribution in [-0.4, -0.2) is 59.6 Å². The maximum absolute atomic E-state index is 12.2. The fourth-order valence-electron chi connectivity index (χ4n) is 4.86. The Morgan fingerprint density at radius 1 is 1.30 bits per heavy atom. The van der Waals surface area contributed by atoms with Crippen molar-refractivity contribution in [3.8, 4) is 11.8 Å². The highest BCUT2D eigenvalue weighted by molar-refractivity contribution is 5.89. The van der Waals surface area contributed by atoms with E-state index in [9.17, 15) is 4.79 Å². The summed E-state index contributed by atoms with van der Waals surface area (Å²) in [6, 6.07) is 0.551. The Labute approximate surface area is 164 Å². The fourth-order valence-corrected chi connectivity index (χ4v) is 4.86. The molecule has 1 fully saturated rings. The van der Waals surface area contributed by atoms with E-state index < -0.39 is 5.60 Å². The SMILES string of the molecule is CCCN(CC#CC1=C[C@H](C)N2CCCC[C@@H]2[C@@]2(C)OC(=O)C=C12)CCC. The van der Waals surface area contributed by atoms with Crippen molar-refractivity contribution < 1.29 is 9.53 Å². The quantitative estimate of drug-likeness (QED) is 0.547. The van der Waals surface area contributed by atoms with E-state index in [0.717, 1.165) is 56.6 Å². The first-order chi connectivity index (χ1) is 13.0. The number of fused-ring (bicyclic) bond motifs is 3. The standard InChI is InChI=1S/C23H34N2O2/c1-5-12-24(13-6-2)14-9-10-19-16-18(3)25-15-8-7-11-21(25)23(4)20(19)17-22(26)27-23/h16-18,21H,5-8,11-15H2,1-4H3/t18-,21+,23-/m0/s1. The average molecular weight is 371 g/mol. The summed E-state index contributed by atoms with van der Waals surface area (Å²) in [7, 11) is 0. The van der Waals surface area contributed by atoms with Crippen molar-refractivity contribution >= 4 is 5.97 Å². The first kappa shape index (κ1) is 20.2. The van der Waals surface area contributed by atoms with Gasteiger partial charge >= 0.3 is 5.97 Å². The molecule has 0 aromatic heterocycles. The van der Waals surface area contributed by atoms with Gasteiger partial charge in [0.2, 0.25) is 0 Å². The minimum absolute atomic E-state index is 0.223. The van der Waals surface area contributed by atoms with Gasteiger partial charge in [0.05, 0.1) is 12.6 Å². The monoisotopic (exact) mass is 370 g/mol. The van der Waals surface area contributed by atoms with Crippen LogP contribution in [0.3, 0.4) is 0 Å². The lowest BCUT2D eigenvalue weighted by Gasteiger charge is -2.45. The number of nitrogens with zero attached hydrogens (tertiary/aromatic N) is 2. The topological polar surface area (TPSA) is 32.8 Å². The second-order valence-corrected chi connectivity index (χ2v) is 8.23. The van der Waals surface area contributed by atoms with Gasteiger partial charge in [-0.2, -0.15) is 0 Å². The van der Waals surface area contributed by atoms with E-state index in [1.54, 1.807) is 6.08 Å². The van der Waals surface area contributed by atoms with Crippen molar-refractivity contribution in [3.63, 3.8) is 0 Å². The lowest BCUT2D eigenvalue weighted by molar-refractivity contribution is -0.151. The molecule has 0 unspecified atom stereocenters. The highest BCUT2D eigenvalue weighted by Gasteiger charge is 2.51. The first-order valence-corrected chi connectivity index (χ1v) is 10.6. The summed E-state index contributed by atoms with van der Waals surface area (Å²) in [5.74, 6) is 6.57. The minimum Gasteiger partial charge on any atom is -0.450 e. The second-order valence-electron chi connectivity index (χ2n) is 8.23. The van der Waals surface area contributed by atoms with Crippen molar-refractivity contribution in [2.45, 2.75) is 77.5 Å². The molecular formula is C23H34N2O2. The summed E-state index contributed by atoms with van der Waals surface area (Å²) in [6.45, 7) is 12.7. The molecule has 0 spiro atoms. The van der Waals surface area contributed by atoms with Crippen LogP contribution in [0.4, 0.5) is 0 Å². The van der Waals surface area contributed by atoms with E-state index in [1.165, 1.54) is 12.8 Å². The van der Waals surface area contributed by atoms with Gasteiger partial charge < -0.3 is 4.74 Å². The third-order valence-electron chi connectivity index (χ3n) is 6.12. The van der Waals surface area contributed by atoms with Gasteiger partial charge in [-0.3, -0.25) is 9.80 Å². The van der Waals surface area contributed by atoms with E-state index in [0.29, 0.717) is 6.04 Å². The molecule has 3 rings (SSSR count). The van der Waals surface area contributed by atoms with Crippen LogP contribution in [-0.2, 0) is 9.53 Å². The molecule has 4 nitrogen and oxygen atoms in total. The van der Waals surface area contributed by atoms with Crippen molar-refractivity contribution in [2.24, 2.45) is 0 Å². The molecule has 3 aliphatic heterocycles. The Morgan fingerprint density at radius 3 is 2.74 bits per heavy atom. The molecule has 3 aliphatic rings. The number of piperidine rings is 1. The van der Waals surface area contributed by atoms with E-state index in [1.807, 2.05) is 0 Å². The van der Waals surface area contributed by atoms with Gasteiger partial charge in [-0.25, -0.2) is 4.79 Å². The molecule has 4 heteroatoms. The zero-order valence-corrected chi connectivity index (χ0v) is 17.4. The zero-order chi connectivity index (χ0) is 19.4. The molecule has 0 radical (unpaired) electrons. The highest BCUT2D eigenvalue weighted by Crippen LogP contribution is 2.44. The lowest BCUT2D eigenvalue weighted by Crippen LogP contribution is -2.55. The molecule has 0 N–H and O–H groups in total. The Morgan fingerprint density at radius 2 is 2.04 bits per heavy atom. The number of hydrogen-bond donors (Lipinski definition) is 0. The van der Waals surface area contributed by atoms with Gasteiger partial charge in [0.25, 0.3) is 0 Å². The van der Waals surface area contributed by atoms with E-state index in [4.69, 9.17) is 4.74 Å². The predicted molar refractivity (Wildman–Crippen MR) is 109 cm³/mol. The number of esters is 1. The zero-order valence-electron chi connectivity index (χ0n) is 17.4. The molecule has 0 aliphatic carbocycles. The molecule has 1 saturated heterocycles. The van der Waals surface area contributed by atoms with Crippen LogP contribution in [0.5, 0.6) is 0 Å². The second kappa shape index (κ2) is 8.63. The van der Waals surface area contributed by atoms with Gasteiger partial charge in [0.15, 0.2) is 5.60 Å². The molecule has 0 bridgehead atoms. The molecule has 3 heterocycles.